The lowest BCUT2D eigenvalue weighted by Crippen LogP contribution is -2.35. The van der Waals surface area contributed by atoms with E-state index in [-0.39, 0.29) is 5.43 Å². The van der Waals surface area contributed by atoms with Gasteiger partial charge in [-0.15, -0.1) is 0 Å². The third kappa shape index (κ3) is 3.23. The molecular formula is C21H22N2O2. The quantitative estimate of drug-likeness (QED) is 0.799. The topological polar surface area (TPSA) is 45.3 Å². The maximum absolute atomic E-state index is 12.6. The van der Waals surface area contributed by atoms with Crippen LogP contribution in [-0.4, -0.2) is 36.2 Å². The van der Waals surface area contributed by atoms with Crippen molar-refractivity contribution in [1.29, 1.82) is 0 Å². The number of aromatic nitrogens is 1. The van der Waals surface area contributed by atoms with Gasteiger partial charge in [0.05, 0.1) is 18.9 Å². The third-order valence-corrected chi connectivity index (χ3v) is 4.90. The minimum absolute atomic E-state index is 0.0988. The normalized spacial score (nSPS) is 15.6. The number of hydrogen-bond donors (Lipinski definition) is 1. The number of nitrogens with one attached hydrogen (secondary N) is 1. The molecule has 1 fully saturated rings. The smallest absolute Gasteiger partial charge is 0.192 e. The first-order chi connectivity index (χ1) is 12.2. The predicted octanol–water partition coefficient (Wildman–Crippen LogP) is 3.34. The summed E-state index contributed by atoms with van der Waals surface area (Å²) in [4.78, 5) is 18.4. The Hall–Kier alpha value is -2.43. The average molecular weight is 334 g/mol. The number of morpholine rings is 1. The van der Waals surface area contributed by atoms with Crippen LogP contribution in [0.2, 0.25) is 0 Å². The molecule has 25 heavy (non-hydrogen) atoms. The van der Waals surface area contributed by atoms with Gasteiger partial charge in [0.15, 0.2) is 5.43 Å². The largest absolute Gasteiger partial charge is 0.379 e. The Bertz CT molecular complexity index is 938. The molecule has 4 heteroatoms. The van der Waals surface area contributed by atoms with Gasteiger partial charge in [0.25, 0.3) is 0 Å². The molecule has 0 radical (unpaired) electrons. The van der Waals surface area contributed by atoms with Crippen LogP contribution in [0.1, 0.15) is 11.1 Å². The predicted molar refractivity (Wildman–Crippen MR) is 101 cm³/mol. The average Bonchev–Trinajstić information content (AvgIpc) is 2.66. The van der Waals surface area contributed by atoms with E-state index in [0.29, 0.717) is 0 Å². The van der Waals surface area contributed by atoms with E-state index in [1.54, 1.807) is 0 Å². The Balaban J connectivity index is 1.64. The highest BCUT2D eigenvalue weighted by atomic mass is 16.5. The second kappa shape index (κ2) is 6.82. The highest BCUT2D eigenvalue weighted by Crippen LogP contribution is 2.23. The molecule has 1 saturated heterocycles. The second-order valence-electron chi connectivity index (χ2n) is 6.59. The number of para-hydroxylation sites is 1. The summed E-state index contributed by atoms with van der Waals surface area (Å²) in [6, 6.07) is 16.2. The number of H-pyrrole nitrogens is 1. The highest BCUT2D eigenvalue weighted by Gasteiger charge is 2.12. The van der Waals surface area contributed by atoms with Crippen molar-refractivity contribution in [2.75, 3.05) is 26.3 Å². The van der Waals surface area contributed by atoms with Gasteiger partial charge < -0.3 is 9.72 Å². The molecular weight excluding hydrogens is 312 g/mol. The van der Waals surface area contributed by atoms with Gasteiger partial charge in [0.1, 0.15) is 0 Å². The number of hydrogen-bond acceptors (Lipinski definition) is 3. The molecule has 3 aromatic rings. The molecule has 128 valence electrons. The summed E-state index contributed by atoms with van der Waals surface area (Å²) in [7, 11) is 0. The fraction of sp³-hybridized carbons (Fsp3) is 0.286. The maximum atomic E-state index is 12.6. The van der Waals surface area contributed by atoms with Crippen molar-refractivity contribution in [2.24, 2.45) is 0 Å². The number of nitrogens with zero attached hydrogens (tertiary/aromatic N) is 1. The molecule has 0 unspecified atom stereocenters. The van der Waals surface area contributed by atoms with Crippen molar-refractivity contribution in [3.8, 4) is 11.3 Å². The Morgan fingerprint density at radius 1 is 1.04 bits per heavy atom. The minimum atomic E-state index is 0.0988. The van der Waals surface area contributed by atoms with Crippen LogP contribution in [0.15, 0.2) is 53.3 Å². The molecule has 1 aromatic heterocycles. The van der Waals surface area contributed by atoms with E-state index in [2.05, 4.69) is 34.1 Å². The van der Waals surface area contributed by atoms with E-state index in [1.807, 2.05) is 31.2 Å². The zero-order valence-corrected chi connectivity index (χ0v) is 14.4. The molecule has 0 amide bonds. The molecule has 2 heterocycles. The Morgan fingerprint density at radius 3 is 2.52 bits per heavy atom. The summed E-state index contributed by atoms with van der Waals surface area (Å²) in [5.41, 5.74) is 4.98. The molecule has 0 atom stereocenters. The molecule has 1 aliphatic rings. The van der Waals surface area contributed by atoms with Gasteiger partial charge >= 0.3 is 0 Å². The lowest BCUT2D eigenvalue weighted by atomic mass is 10.0. The molecule has 4 rings (SSSR count). The first-order valence-corrected chi connectivity index (χ1v) is 8.73. The van der Waals surface area contributed by atoms with Gasteiger partial charge in [-0.25, -0.2) is 0 Å². The van der Waals surface area contributed by atoms with E-state index in [9.17, 15) is 4.79 Å². The van der Waals surface area contributed by atoms with Crippen LogP contribution in [-0.2, 0) is 11.3 Å². The van der Waals surface area contributed by atoms with Crippen molar-refractivity contribution in [1.82, 2.24) is 9.88 Å². The molecule has 4 nitrogen and oxygen atoms in total. The van der Waals surface area contributed by atoms with Crippen molar-refractivity contribution in [3.63, 3.8) is 0 Å². The summed E-state index contributed by atoms with van der Waals surface area (Å²) >= 11 is 0. The Labute approximate surface area is 147 Å². The number of benzene rings is 2. The monoisotopic (exact) mass is 334 g/mol. The minimum Gasteiger partial charge on any atom is -0.379 e. The van der Waals surface area contributed by atoms with Gasteiger partial charge in [0.2, 0.25) is 0 Å². The Kier molecular flexibility index (Phi) is 4.38. The number of pyridine rings is 1. The van der Waals surface area contributed by atoms with Gasteiger partial charge in [-0.3, -0.25) is 9.69 Å². The summed E-state index contributed by atoms with van der Waals surface area (Å²) in [6.07, 6.45) is 0. The van der Waals surface area contributed by atoms with Crippen LogP contribution in [0.25, 0.3) is 22.2 Å². The van der Waals surface area contributed by atoms with E-state index in [1.165, 1.54) is 5.56 Å². The summed E-state index contributed by atoms with van der Waals surface area (Å²) in [6.45, 7) is 6.43. The maximum Gasteiger partial charge on any atom is 0.192 e. The third-order valence-electron chi connectivity index (χ3n) is 4.90. The van der Waals surface area contributed by atoms with E-state index in [0.717, 1.165) is 60.6 Å². The van der Waals surface area contributed by atoms with Crippen LogP contribution < -0.4 is 5.43 Å². The lowest BCUT2D eigenvalue weighted by molar-refractivity contribution is 0.0342. The fourth-order valence-electron chi connectivity index (χ4n) is 3.42. The number of aromatic amines is 1. The molecule has 2 aromatic carbocycles. The molecule has 0 bridgehead atoms. The van der Waals surface area contributed by atoms with Crippen molar-refractivity contribution < 1.29 is 4.74 Å². The van der Waals surface area contributed by atoms with Crippen LogP contribution >= 0.6 is 0 Å². The van der Waals surface area contributed by atoms with Crippen LogP contribution in [0, 0.1) is 6.92 Å². The molecule has 1 N–H and O–H groups in total. The van der Waals surface area contributed by atoms with E-state index >= 15 is 0 Å². The standard InChI is InChI=1S/C21H22N2O2/c1-15-20(22-19-5-3-2-4-18(19)21(15)24)17-8-6-16(7-9-17)14-23-10-12-25-13-11-23/h2-9H,10-14H2,1H3,(H,22,24). The van der Waals surface area contributed by atoms with Crippen LogP contribution in [0.3, 0.4) is 0 Å². The van der Waals surface area contributed by atoms with Gasteiger partial charge in [-0.05, 0) is 30.2 Å². The van der Waals surface area contributed by atoms with Crippen molar-refractivity contribution in [3.05, 3.63) is 69.9 Å². The molecule has 1 aliphatic heterocycles. The SMILES string of the molecule is Cc1c(-c2ccc(CN3CCOCC3)cc2)[nH]c2ccccc2c1=O. The first-order valence-electron chi connectivity index (χ1n) is 8.73. The summed E-state index contributed by atoms with van der Waals surface area (Å²) in [5, 5.41) is 0.743. The van der Waals surface area contributed by atoms with E-state index in [4.69, 9.17) is 4.74 Å². The van der Waals surface area contributed by atoms with Crippen LogP contribution in [0.5, 0.6) is 0 Å². The molecule has 0 spiro atoms. The summed E-state index contributed by atoms with van der Waals surface area (Å²) in [5.74, 6) is 0. The zero-order valence-electron chi connectivity index (χ0n) is 14.4. The first kappa shape index (κ1) is 16.1. The number of fused-ring (bicyclic) bond motifs is 1. The number of rotatable bonds is 3. The van der Waals surface area contributed by atoms with Gasteiger partial charge in [-0.2, -0.15) is 0 Å². The second-order valence-corrected chi connectivity index (χ2v) is 6.59. The van der Waals surface area contributed by atoms with Crippen molar-refractivity contribution in [2.45, 2.75) is 13.5 Å². The summed E-state index contributed by atoms with van der Waals surface area (Å²) < 4.78 is 5.40. The number of ether oxygens (including phenoxy) is 1. The zero-order chi connectivity index (χ0) is 17.2. The lowest BCUT2D eigenvalue weighted by Gasteiger charge is -2.26. The molecule has 0 aliphatic carbocycles. The molecule has 0 saturated carbocycles. The van der Waals surface area contributed by atoms with Gasteiger partial charge in [-0.1, -0.05) is 36.4 Å². The fourth-order valence-corrected chi connectivity index (χ4v) is 3.42. The van der Waals surface area contributed by atoms with E-state index < -0.39 is 0 Å². The Morgan fingerprint density at radius 2 is 1.76 bits per heavy atom. The van der Waals surface area contributed by atoms with Gasteiger partial charge in [0, 0.05) is 36.1 Å². The highest BCUT2D eigenvalue weighted by molar-refractivity contribution is 5.83. The van der Waals surface area contributed by atoms with Crippen LogP contribution in [0.4, 0.5) is 0 Å². The van der Waals surface area contributed by atoms with Crippen molar-refractivity contribution >= 4 is 10.9 Å².